The monoisotopic (exact) mass is 292 g/mol. The number of aromatic nitrogens is 2. The molecule has 4 nitrogen and oxygen atoms in total. The standard InChI is InChI=1S/C15H17ClN2O2/c1-3-13-15(16)14(18(4-2)17-13)10-20-12-7-5-11(9-19)6-8-12/h5-9H,3-4,10H2,1-2H3. The smallest absolute Gasteiger partial charge is 0.150 e. The van der Waals surface area contributed by atoms with Crippen LogP contribution in [0.25, 0.3) is 0 Å². The fraction of sp³-hybridized carbons (Fsp3) is 0.333. The molecule has 2 rings (SSSR count). The molecule has 0 aliphatic carbocycles. The molecular weight excluding hydrogens is 276 g/mol. The molecule has 0 saturated heterocycles. The van der Waals surface area contributed by atoms with E-state index in [1.807, 2.05) is 18.5 Å². The normalized spacial score (nSPS) is 10.6. The quantitative estimate of drug-likeness (QED) is 0.765. The van der Waals surface area contributed by atoms with Crippen LogP contribution < -0.4 is 4.74 Å². The van der Waals surface area contributed by atoms with Gasteiger partial charge in [0.15, 0.2) is 0 Å². The van der Waals surface area contributed by atoms with E-state index in [0.717, 1.165) is 30.6 Å². The first kappa shape index (κ1) is 14.6. The molecule has 0 saturated carbocycles. The van der Waals surface area contributed by atoms with Gasteiger partial charge in [0.05, 0.1) is 16.4 Å². The van der Waals surface area contributed by atoms with Crippen LogP contribution in [0, 0.1) is 0 Å². The van der Waals surface area contributed by atoms with Crippen molar-refractivity contribution in [2.24, 2.45) is 0 Å². The van der Waals surface area contributed by atoms with Crippen molar-refractivity contribution in [3.05, 3.63) is 46.2 Å². The number of rotatable bonds is 6. The molecular formula is C15H17ClN2O2. The molecule has 0 aliphatic heterocycles. The van der Waals surface area contributed by atoms with Gasteiger partial charge in [0.2, 0.25) is 0 Å². The first-order valence-electron chi connectivity index (χ1n) is 6.61. The summed E-state index contributed by atoms with van der Waals surface area (Å²) in [5.41, 5.74) is 2.40. The summed E-state index contributed by atoms with van der Waals surface area (Å²) in [7, 11) is 0. The highest BCUT2D eigenvalue weighted by molar-refractivity contribution is 6.31. The average Bonchev–Trinajstić information content (AvgIpc) is 2.81. The number of aryl methyl sites for hydroxylation is 2. The van der Waals surface area contributed by atoms with Gasteiger partial charge in [0.1, 0.15) is 18.6 Å². The molecule has 0 aliphatic rings. The summed E-state index contributed by atoms with van der Waals surface area (Å²) in [6.45, 7) is 5.16. The Labute approximate surface area is 123 Å². The molecule has 20 heavy (non-hydrogen) atoms. The summed E-state index contributed by atoms with van der Waals surface area (Å²) in [6.07, 6.45) is 1.60. The second kappa shape index (κ2) is 6.57. The van der Waals surface area contributed by atoms with Gasteiger partial charge in [-0.3, -0.25) is 9.48 Å². The lowest BCUT2D eigenvalue weighted by Crippen LogP contribution is -2.06. The molecule has 0 atom stereocenters. The Morgan fingerprint density at radius 3 is 2.55 bits per heavy atom. The Morgan fingerprint density at radius 1 is 1.30 bits per heavy atom. The van der Waals surface area contributed by atoms with Crippen LogP contribution in [0.5, 0.6) is 5.75 Å². The number of carbonyl (C=O) groups is 1. The summed E-state index contributed by atoms with van der Waals surface area (Å²) in [4.78, 5) is 10.6. The zero-order valence-electron chi connectivity index (χ0n) is 11.6. The van der Waals surface area contributed by atoms with E-state index in [2.05, 4.69) is 5.10 Å². The summed E-state index contributed by atoms with van der Waals surface area (Å²) in [5.74, 6) is 0.702. The summed E-state index contributed by atoms with van der Waals surface area (Å²) < 4.78 is 7.57. The number of nitrogens with zero attached hydrogens (tertiary/aromatic N) is 2. The zero-order chi connectivity index (χ0) is 14.5. The van der Waals surface area contributed by atoms with Crippen LogP contribution in [0.3, 0.4) is 0 Å². The van der Waals surface area contributed by atoms with Gasteiger partial charge in [-0.25, -0.2) is 0 Å². The number of halogens is 1. The number of hydrogen-bond donors (Lipinski definition) is 0. The van der Waals surface area contributed by atoms with E-state index < -0.39 is 0 Å². The molecule has 0 radical (unpaired) electrons. The van der Waals surface area contributed by atoms with Gasteiger partial charge >= 0.3 is 0 Å². The maximum Gasteiger partial charge on any atom is 0.150 e. The van der Waals surface area contributed by atoms with E-state index in [-0.39, 0.29) is 0 Å². The van der Waals surface area contributed by atoms with E-state index in [1.54, 1.807) is 24.3 Å². The molecule has 2 aromatic rings. The lowest BCUT2D eigenvalue weighted by molar-refractivity contribution is 0.112. The number of hydrogen-bond acceptors (Lipinski definition) is 3. The van der Waals surface area contributed by atoms with Crippen LogP contribution in [0.1, 0.15) is 35.6 Å². The van der Waals surface area contributed by atoms with E-state index in [4.69, 9.17) is 16.3 Å². The van der Waals surface area contributed by atoms with Crippen molar-refractivity contribution in [2.45, 2.75) is 33.4 Å². The van der Waals surface area contributed by atoms with Crippen molar-refractivity contribution in [3.8, 4) is 5.75 Å². The molecule has 1 aromatic heterocycles. The van der Waals surface area contributed by atoms with E-state index in [1.165, 1.54) is 0 Å². The number of carbonyl (C=O) groups excluding carboxylic acids is 1. The van der Waals surface area contributed by atoms with Gasteiger partial charge in [-0.1, -0.05) is 18.5 Å². The average molecular weight is 293 g/mol. The molecule has 0 unspecified atom stereocenters. The second-order valence-electron chi connectivity index (χ2n) is 4.35. The minimum atomic E-state index is 0.361. The summed E-state index contributed by atoms with van der Waals surface area (Å²) in [6, 6.07) is 6.98. The van der Waals surface area contributed by atoms with E-state index in [0.29, 0.717) is 22.9 Å². The third kappa shape index (κ3) is 3.02. The van der Waals surface area contributed by atoms with Gasteiger partial charge in [-0.2, -0.15) is 5.10 Å². The fourth-order valence-corrected chi connectivity index (χ4v) is 2.27. The molecule has 106 valence electrons. The van der Waals surface area contributed by atoms with Crippen LogP contribution in [0.4, 0.5) is 0 Å². The molecule has 0 amide bonds. The number of benzene rings is 1. The first-order chi connectivity index (χ1) is 9.69. The highest BCUT2D eigenvalue weighted by Crippen LogP contribution is 2.23. The van der Waals surface area contributed by atoms with E-state index in [9.17, 15) is 4.79 Å². The lowest BCUT2D eigenvalue weighted by atomic mass is 10.2. The second-order valence-corrected chi connectivity index (χ2v) is 4.73. The number of aldehydes is 1. The van der Waals surface area contributed by atoms with Gasteiger partial charge in [-0.05, 0) is 37.6 Å². The highest BCUT2D eigenvalue weighted by Gasteiger charge is 2.14. The van der Waals surface area contributed by atoms with Crippen LogP contribution in [0.2, 0.25) is 5.02 Å². The molecule has 0 spiro atoms. The SMILES string of the molecule is CCc1nn(CC)c(COc2ccc(C=O)cc2)c1Cl. The fourth-order valence-electron chi connectivity index (χ4n) is 1.95. The molecule has 0 N–H and O–H groups in total. The predicted octanol–water partition coefficient (Wildman–Crippen LogP) is 3.51. The molecule has 5 heteroatoms. The molecule has 1 heterocycles. The third-order valence-electron chi connectivity index (χ3n) is 3.09. The van der Waals surface area contributed by atoms with Crippen molar-refractivity contribution >= 4 is 17.9 Å². The predicted molar refractivity (Wildman–Crippen MR) is 78.5 cm³/mol. The molecule has 1 aromatic carbocycles. The maximum absolute atomic E-state index is 10.6. The van der Waals surface area contributed by atoms with Crippen LogP contribution in [0.15, 0.2) is 24.3 Å². The lowest BCUT2D eigenvalue weighted by Gasteiger charge is -2.08. The van der Waals surface area contributed by atoms with Gasteiger partial charge < -0.3 is 4.74 Å². The van der Waals surface area contributed by atoms with Crippen molar-refractivity contribution < 1.29 is 9.53 Å². The zero-order valence-corrected chi connectivity index (χ0v) is 12.4. The molecule has 0 fully saturated rings. The van der Waals surface area contributed by atoms with Gasteiger partial charge in [0, 0.05) is 12.1 Å². The largest absolute Gasteiger partial charge is 0.487 e. The topological polar surface area (TPSA) is 44.1 Å². The van der Waals surface area contributed by atoms with Crippen molar-refractivity contribution in [2.75, 3.05) is 0 Å². The van der Waals surface area contributed by atoms with Gasteiger partial charge in [-0.15, -0.1) is 0 Å². The third-order valence-corrected chi connectivity index (χ3v) is 3.52. The van der Waals surface area contributed by atoms with Crippen LogP contribution >= 0.6 is 11.6 Å². The van der Waals surface area contributed by atoms with Crippen LogP contribution in [-0.2, 0) is 19.6 Å². The number of ether oxygens (including phenoxy) is 1. The van der Waals surface area contributed by atoms with Crippen molar-refractivity contribution in [1.82, 2.24) is 9.78 Å². The van der Waals surface area contributed by atoms with Crippen LogP contribution in [-0.4, -0.2) is 16.1 Å². The Bertz CT molecular complexity index is 591. The van der Waals surface area contributed by atoms with Crippen molar-refractivity contribution in [1.29, 1.82) is 0 Å². The minimum absolute atomic E-state index is 0.361. The first-order valence-corrected chi connectivity index (χ1v) is 6.99. The summed E-state index contributed by atoms with van der Waals surface area (Å²) in [5, 5.41) is 5.12. The molecule has 0 bridgehead atoms. The maximum atomic E-state index is 10.6. The highest BCUT2D eigenvalue weighted by atomic mass is 35.5. The Hall–Kier alpha value is -1.81. The van der Waals surface area contributed by atoms with E-state index >= 15 is 0 Å². The Kier molecular flexibility index (Phi) is 4.79. The Balaban J connectivity index is 2.13. The minimum Gasteiger partial charge on any atom is -0.487 e. The summed E-state index contributed by atoms with van der Waals surface area (Å²) >= 11 is 6.31. The Morgan fingerprint density at radius 2 is 2.00 bits per heavy atom. The van der Waals surface area contributed by atoms with Gasteiger partial charge in [0.25, 0.3) is 0 Å². The van der Waals surface area contributed by atoms with Crippen molar-refractivity contribution in [3.63, 3.8) is 0 Å².